The number of hydrogen-bond acceptors (Lipinski definition) is 6. The Kier molecular flexibility index (Phi) is 4.99. The average Bonchev–Trinajstić information content (AvgIpc) is 3.27. The number of carboxylic acid groups (broad SMARTS) is 1. The Morgan fingerprint density at radius 2 is 1.89 bits per heavy atom. The summed E-state index contributed by atoms with van der Waals surface area (Å²) in [5, 5.41) is 16.5. The molecule has 9 nitrogen and oxygen atoms in total. The molecule has 9 heteroatoms. The summed E-state index contributed by atoms with van der Waals surface area (Å²) in [5.74, 6) is -1.02. The van der Waals surface area contributed by atoms with Crippen LogP contribution in [0.25, 0.3) is 6.08 Å². The van der Waals surface area contributed by atoms with Crippen LogP contribution in [-0.4, -0.2) is 54.8 Å². The molecule has 0 aliphatic carbocycles. The van der Waals surface area contributed by atoms with Gasteiger partial charge in [-0.3, -0.25) is 9.59 Å². The first-order chi connectivity index (χ1) is 13.3. The zero-order chi connectivity index (χ0) is 20.4. The van der Waals surface area contributed by atoms with Crippen molar-refractivity contribution >= 4 is 41.1 Å². The molecular formula is C19H18N4O5. The largest absolute Gasteiger partial charge is 0.478 e. The Hall–Kier alpha value is -3.88. The van der Waals surface area contributed by atoms with Crippen molar-refractivity contribution in [1.82, 2.24) is 10.3 Å². The van der Waals surface area contributed by atoms with E-state index in [1.807, 2.05) is 0 Å². The van der Waals surface area contributed by atoms with Crippen molar-refractivity contribution in [2.75, 3.05) is 26.0 Å². The van der Waals surface area contributed by atoms with E-state index >= 15 is 0 Å². The van der Waals surface area contributed by atoms with Gasteiger partial charge in [0, 0.05) is 32.9 Å². The Balaban J connectivity index is 1.86. The van der Waals surface area contributed by atoms with Gasteiger partial charge in [0.25, 0.3) is 11.8 Å². The molecule has 0 bridgehead atoms. The minimum Gasteiger partial charge on any atom is -0.478 e. The molecule has 0 saturated heterocycles. The van der Waals surface area contributed by atoms with Gasteiger partial charge in [0.2, 0.25) is 0 Å². The van der Waals surface area contributed by atoms with Crippen molar-refractivity contribution < 1.29 is 23.9 Å². The third kappa shape index (κ3) is 3.50. The predicted molar refractivity (Wildman–Crippen MR) is 102 cm³/mol. The number of carbonyl (C=O) groups is 3. The van der Waals surface area contributed by atoms with Crippen molar-refractivity contribution in [2.24, 2.45) is 5.10 Å². The summed E-state index contributed by atoms with van der Waals surface area (Å²) < 4.78 is 5.76. The van der Waals surface area contributed by atoms with Gasteiger partial charge in [0.1, 0.15) is 5.76 Å². The van der Waals surface area contributed by atoms with Crippen molar-refractivity contribution in [2.45, 2.75) is 0 Å². The summed E-state index contributed by atoms with van der Waals surface area (Å²) in [6.07, 6.45) is 1.46. The number of rotatable bonds is 5. The Bertz CT molecular complexity index is 1000. The third-order valence-electron chi connectivity index (χ3n) is 4.20. The van der Waals surface area contributed by atoms with Gasteiger partial charge in [-0.2, -0.15) is 5.10 Å². The van der Waals surface area contributed by atoms with Crippen molar-refractivity contribution in [3.63, 3.8) is 0 Å². The van der Waals surface area contributed by atoms with E-state index in [0.717, 1.165) is 10.7 Å². The molecule has 2 N–H and O–H groups in total. The highest BCUT2D eigenvalue weighted by molar-refractivity contribution is 6.53. The first kappa shape index (κ1) is 18.9. The van der Waals surface area contributed by atoms with Crippen LogP contribution in [0.4, 0.5) is 11.6 Å². The highest BCUT2D eigenvalue weighted by atomic mass is 16.4. The van der Waals surface area contributed by atoms with Crippen LogP contribution < -0.4 is 10.2 Å². The summed E-state index contributed by atoms with van der Waals surface area (Å²) in [4.78, 5) is 36.9. The normalized spacial score (nSPS) is 15.0. The molecule has 2 amide bonds. The van der Waals surface area contributed by atoms with E-state index < -0.39 is 17.8 Å². The van der Waals surface area contributed by atoms with Crippen LogP contribution in [-0.2, 0) is 9.59 Å². The number of carbonyl (C=O) groups excluding carboxylic acids is 2. The first-order valence-electron chi connectivity index (χ1n) is 8.29. The molecule has 144 valence electrons. The smallest absolute Gasteiger partial charge is 0.335 e. The maximum Gasteiger partial charge on any atom is 0.335 e. The second-order valence-electron chi connectivity index (χ2n) is 6.00. The maximum atomic E-state index is 12.3. The molecule has 2 heterocycles. The molecule has 2 aromatic rings. The number of hydrogen-bond donors (Lipinski definition) is 2. The summed E-state index contributed by atoms with van der Waals surface area (Å²) in [7, 11) is 4.69. The van der Waals surface area contributed by atoms with E-state index in [0.29, 0.717) is 11.6 Å². The molecule has 28 heavy (non-hydrogen) atoms. The fourth-order valence-corrected chi connectivity index (χ4v) is 2.64. The molecule has 0 unspecified atom stereocenters. The van der Waals surface area contributed by atoms with E-state index in [-0.39, 0.29) is 16.8 Å². The SMILES string of the molecule is CNC(=O)C1=NN(C)C(=O)/C1=C\c1ccc(N(C)c2ccc(C(=O)O)cc2)o1. The number of anilines is 2. The summed E-state index contributed by atoms with van der Waals surface area (Å²) >= 11 is 0. The fourth-order valence-electron chi connectivity index (χ4n) is 2.64. The molecular weight excluding hydrogens is 364 g/mol. The molecule has 1 aliphatic heterocycles. The lowest BCUT2D eigenvalue weighted by Crippen LogP contribution is -2.28. The minimum absolute atomic E-state index is 0.0190. The summed E-state index contributed by atoms with van der Waals surface area (Å²) in [6, 6.07) is 9.69. The number of hydrazone groups is 1. The quantitative estimate of drug-likeness (QED) is 0.761. The van der Waals surface area contributed by atoms with Crippen LogP contribution >= 0.6 is 0 Å². The van der Waals surface area contributed by atoms with Gasteiger partial charge >= 0.3 is 5.97 Å². The van der Waals surface area contributed by atoms with Crippen molar-refractivity contribution in [1.29, 1.82) is 0 Å². The van der Waals surface area contributed by atoms with Gasteiger partial charge < -0.3 is 19.7 Å². The molecule has 0 fully saturated rings. The van der Waals surface area contributed by atoms with Gasteiger partial charge in [0.15, 0.2) is 11.6 Å². The Morgan fingerprint density at radius 1 is 1.21 bits per heavy atom. The van der Waals surface area contributed by atoms with Gasteiger partial charge in [-0.05, 0) is 36.4 Å². The average molecular weight is 382 g/mol. The molecule has 1 aromatic carbocycles. The second kappa shape index (κ2) is 7.39. The predicted octanol–water partition coefficient (Wildman–Crippen LogP) is 1.70. The van der Waals surface area contributed by atoms with E-state index in [1.54, 1.807) is 36.2 Å². The number of likely N-dealkylation sites (N-methyl/N-ethyl adjacent to an activating group) is 1. The lowest BCUT2D eigenvalue weighted by Gasteiger charge is -2.16. The first-order valence-corrected chi connectivity index (χ1v) is 8.29. The van der Waals surface area contributed by atoms with Crippen LogP contribution in [0.2, 0.25) is 0 Å². The lowest BCUT2D eigenvalue weighted by atomic mass is 10.1. The van der Waals surface area contributed by atoms with Crippen LogP contribution in [0.3, 0.4) is 0 Å². The highest BCUT2D eigenvalue weighted by Crippen LogP contribution is 2.27. The van der Waals surface area contributed by atoms with E-state index in [4.69, 9.17) is 9.52 Å². The number of carboxylic acids is 1. The van der Waals surface area contributed by atoms with Gasteiger partial charge in [-0.15, -0.1) is 0 Å². The number of benzene rings is 1. The van der Waals surface area contributed by atoms with E-state index in [9.17, 15) is 14.4 Å². The summed E-state index contributed by atoms with van der Waals surface area (Å²) in [5.41, 5.74) is 1.07. The van der Waals surface area contributed by atoms with E-state index in [2.05, 4.69) is 10.4 Å². The van der Waals surface area contributed by atoms with Gasteiger partial charge in [0.05, 0.1) is 11.1 Å². The zero-order valence-corrected chi connectivity index (χ0v) is 15.5. The number of nitrogens with zero attached hydrogens (tertiary/aromatic N) is 3. The molecule has 3 rings (SSSR count). The van der Waals surface area contributed by atoms with Crippen LogP contribution in [0.5, 0.6) is 0 Å². The highest BCUT2D eigenvalue weighted by Gasteiger charge is 2.32. The minimum atomic E-state index is -0.999. The third-order valence-corrected chi connectivity index (χ3v) is 4.20. The topological polar surface area (TPSA) is 115 Å². The van der Waals surface area contributed by atoms with Crippen LogP contribution in [0, 0.1) is 0 Å². The van der Waals surface area contributed by atoms with Crippen LogP contribution in [0.1, 0.15) is 16.1 Å². The van der Waals surface area contributed by atoms with Gasteiger partial charge in [-0.25, -0.2) is 9.80 Å². The van der Waals surface area contributed by atoms with Crippen molar-refractivity contribution in [3.05, 3.63) is 53.3 Å². The number of amides is 2. The standard InChI is InChI=1S/C19H18N4O5/c1-20-17(24)16-14(18(25)23(3)21-16)10-13-8-9-15(28-13)22(2)12-6-4-11(5-7-12)19(26)27/h4-10H,1-3H3,(H,20,24)(H,26,27)/b14-10-. The summed E-state index contributed by atoms with van der Waals surface area (Å²) in [6.45, 7) is 0. The fraction of sp³-hybridized carbons (Fsp3) is 0.158. The number of furan rings is 1. The zero-order valence-electron chi connectivity index (χ0n) is 15.5. The number of nitrogens with one attached hydrogen (secondary N) is 1. The maximum absolute atomic E-state index is 12.3. The molecule has 0 radical (unpaired) electrons. The van der Waals surface area contributed by atoms with Gasteiger partial charge in [-0.1, -0.05) is 0 Å². The van der Waals surface area contributed by atoms with Crippen LogP contribution in [0.15, 0.2) is 51.5 Å². The van der Waals surface area contributed by atoms with E-state index in [1.165, 1.54) is 32.3 Å². The molecule has 0 saturated carbocycles. The van der Waals surface area contributed by atoms with Crippen molar-refractivity contribution in [3.8, 4) is 0 Å². The Morgan fingerprint density at radius 3 is 2.50 bits per heavy atom. The monoisotopic (exact) mass is 382 g/mol. The number of aromatic carboxylic acids is 1. The molecule has 0 spiro atoms. The Labute approximate surface area is 160 Å². The lowest BCUT2D eigenvalue weighted by molar-refractivity contribution is -0.124. The second-order valence-corrected chi connectivity index (χ2v) is 6.00. The molecule has 1 aliphatic rings. The molecule has 0 atom stereocenters. The molecule has 1 aromatic heterocycles.